The fourth-order valence-corrected chi connectivity index (χ4v) is 3.61. The molecule has 0 aromatic carbocycles. The van der Waals surface area contributed by atoms with Gasteiger partial charge >= 0.3 is 11.9 Å². The predicted molar refractivity (Wildman–Crippen MR) is 100 cm³/mol. The molecule has 1 fully saturated rings. The summed E-state index contributed by atoms with van der Waals surface area (Å²) in [7, 11) is 0. The van der Waals surface area contributed by atoms with Crippen LogP contribution in [0.25, 0.3) is 0 Å². The van der Waals surface area contributed by atoms with Crippen molar-refractivity contribution in [2.45, 2.75) is 4.33 Å². The van der Waals surface area contributed by atoms with Gasteiger partial charge in [0.15, 0.2) is 0 Å². The molecule has 10 heteroatoms. The summed E-state index contributed by atoms with van der Waals surface area (Å²) in [6.07, 6.45) is 2.92. The number of hydrogen-bond donors (Lipinski definition) is 0. The van der Waals surface area contributed by atoms with Gasteiger partial charge in [-0.05, 0) is 24.3 Å². The molecule has 6 nitrogen and oxygen atoms in total. The van der Waals surface area contributed by atoms with Gasteiger partial charge in [0.25, 0.3) is 0 Å². The van der Waals surface area contributed by atoms with Gasteiger partial charge in [-0.25, -0.2) is 19.6 Å². The van der Waals surface area contributed by atoms with Gasteiger partial charge in [0.2, 0.25) is 0 Å². The summed E-state index contributed by atoms with van der Waals surface area (Å²) in [5.41, 5.74) is 0.285. The number of pyridine rings is 2. The molecule has 0 bridgehead atoms. The van der Waals surface area contributed by atoms with Crippen molar-refractivity contribution >= 4 is 58.3 Å². The Labute approximate surface area is 174 Å². The molecular formula is C17H12Cl4N2O4. The van der Waals surface area contributed by atoms with Gasteiger partial charge in [-0.15, -0.1) is 23.2 Å². The highest BCUT2D eigenvalue weighted by Gasteiger charge is 2.64. The van der Waals surface area contributed by atoms with Gasteiger partial charge in [-0.2, -0.15) is 0 Å². The lowest BCUT2D eigenvalue weighted by Gasteiger charge is -2.06. The number of carbonyl (C=O) groups is 2. The summed E-state index contributed by atoms with van der Waals surface area (Å²) in [4.78, 5) is 31.7. The second-order valence-electron chi connectivity index (χ2n) is 5.77. The maximum absolute atomic E-state index is 12.1. The third kappa shape index (κ3) is 4.46. The van der Waals surface area contributed by atoms with E-state index < -0.39 is 28.1 Å². The highest BCUT2D eigenvalue weighted by Crippen LogP contribution is 2.59. The third-order valence-corrected chi connectivity index (χ3v) is 5.83. The molecule has 0 aliphatic heterocycles. The number of rotatable bonds is 6. The maximum atomic E-state index is 12.1. The van der Waals surface area contributed by atoms with Crippen molar-refractivity contribution in [1.82, 2.24) is 9.97 Å². The largest absolute Gasteiger partial charge is 0.462 e. The van der Waals surface area contributed by atoms with E-state index in [9.17, 15) is 9.59 Å². The van der Waals surface area contributed by atoms with E-state index in [0.29, 0.717) is 0 Å². The van der Waals surface area contributed by atoms with Crippen molar-refractivity contribution in [2.24, 2.45) is 11.8 Å². The fourth-order valence-electron chi connectivity index (χ4n) is 2.48. The Bertz CT molecular complexity index is 808. The lowest BCUT2D eigenvalue weighted by molar-refractivity contribution is 0.0418. The zero-order valence-corrected chi connectivity index (χ0v) is 16.6. The number of halogens is 4. The Kier molecular flexibility index (Phi) is 6.11. The molecule has 2 heterocycles. The van der Waals surface area contributed by atoms with Crippen LogP contribution >= 0.6 is 46.4 Å². The van der Waals surface area contributed by atoms with Crippen LogP contribution in [0.5, 0.6) is 0 Å². The van der Waals surface area contributed by atoms with Crippen LogP contribution in [0.4, 0.5) is 0 Å². The van der Waals surface area contributed by atoms with Gasteiger partial charge in [-0.1, -0.05) is 23.2 Å². The standard InChI is InChI=1S/C17H12Cl4N2O4/c18-13-9(3-1-5-22-13)15(24)26-7-11-12(17(11,20)21)8-27-16(25)10-4-2-6-23-14(10)19/h1-6,11-12H,7-8H2/t11-,12+. The average molecular weight is 450 g/mol. The molecule has 142 valence electrons. The van der Waals surface area contributed by atoms with Crippen molar-refractivity contribution in [3.05, 3.63) is 58.1 Å². The van der Waals surface area contributed by atoms with Crippen molar-refractivity contribution in [3.63, 3.8) is 0 Å². The Morgan fingerprint density at radius 3 is 1.67 bits per heavy atom. The van der Waals surface area contributed by atoms with E-state index in [4.69, 9.17) is 55.9 Å². The first-order valence-electron chi connectivity index (χ1n) is 7.75. The van der Waals surface area contributed by atoms with E-state index in [2.05, 4.69) is 9.97 Å². The lowest BCUT2D eigenvalue weighted by atomic mass is 10.3. The minimum Gasteiger partial charge on any atom is -0.462 e. The van der Waals surface area contributed by atoms with E-state index in [1.807, 2.05) is 0 Å². The van der Waals surface area contributed by atoms with E-state index in [-0.39, 0.29) is 34.6 Å². The molecule has 0 amide bonds. The Morgan fingerprint density at radius 2 is 1.30 bits per heavy atom. The molecule has 1 aliphatic carbocycles. The number of alkyl halides is 2. The maximum Gasteiger partial charge on any atom is 0.341 e. The van der Waals surface area contributed by atoms with E-state index in [1.165, 1.54) is 24.5 Å². The van der Waals surface area contributed by atoms with Gasteiger partial charge < -0.3 is 9.47 Å². The van der Waals surface area contributed by atoms with Crippen LogP contribution in [-0.2, 0) is 9.47 Å². The van der Waals surface area contributed by atoms with Crippen molar-refractivity contribution in [2.75, 3.05) is 13.2 Å². The normalized spacial score (nSPS) is 20.0. The highest BCUT2D eigenvalue weighted by atomic mass is 35.5. The quantitative estimate of drug-likeness (QED) is 0.373. The van der Waals surface area contributed by atoms with Crippen molar-refractivity contribution in [3.8, 4) is 0 Å². The molecule has 27 heavy (non-hydrogen) atoms. The van der Waals surface area contributed by atoms with E-state index in [1.54, 1.807) is 12.1 Å². The molecule has 0 radical (unpaired) electrons. The molecule has 1 saturated carbocycles. The van der Waals surface area contributed by atoms with Crippen LogP contribution < -0.4 is 0 Å². The van der Waals surface area contributed by atoms with Gasteiger partial charge in [0.1, 0.15) is 14.6 Å². The van der Waals surface area contributed by atoms with Crippen LogP contribution in [-0.4, -0.2) is 39.5 Å². The highest BCUT2D eigenvalue weighted by molar-refractivity contribution is 6.51. The summed E-state index contributed by atoms with van der Waals surface area (Å²) < 4.78 is 9.24. The average Bonchev–Trinajstić information content (AvgIpc) is 3.17. The molecule has 0 spiro atoms. The third-order valence-electron chi connectivity index (χ3n) is 4.11. The smallest absolute Gasteiger partial charge is 0.341 e. The summed E-state index contributed by atoms with van der Waals surface area (Å²) in [5, 5.41) is 0.0836. The zero-order valence-electron chi connectivity index (χ0n) is 13.6. The number of ether oxygens (including phenoxy) is 2. The fraction of sp³-hybridized carbons (Fsp3) is 0.294. The Hall–Kier alpha value is -1.60. The van der Waals surface area contributed by atoms with Crippen LogP contribution in [0.1, 0.15) is 20.7 Å². The first-order chi connectivity index (χ1) is 12.8. The van der Waals surface area contributed by atoms with Crippen molar-refractivity contribution < 1.29 is 19.1 Å². The first-order valence-corrected chi connectivity index (χ1v) is 9.26. The number of nitrogens with zero attached hydrogens (tertiary/aromatic N) is 2. The van der Waals surface area contributed by atoms with Crippen LogP contribution in [0.2, 0.25) is 10.3 Å². The van der Waals surface area contributed by atoms with Crippen molar-refractivity contribution in [1.29, 1.82) is 0 Å². The molecular weight excluding hydrogens is 438 g/mol. The second kappa shape index (κ2) is 8.19. The number of esters is 2. The van der Waals surface area contributed by atoms with E-state index in [0.717, 1.165) is 0 Å². The summed E-state index contributed by atoms with van der Waals surface area (Å²) in [6.45, 7) is -0.0974. The van der Waals surface area contributed by atoms with Crippen LogP contribution in [0.15, 0.2) is 36.7 Å². The summed E-state index contributed by atoms with van der Waals surface area (Å²) in [5.74, 6) is -2.06. The molecule has 2 aromatic heterocycles. The zero-order chi connectivity index (χ0) is 19.6. The van der Waals surface area contributed by atoms with Gasteiger partial charge in [0.05, 0.1) is 24.3 Å². The van der Waals surface area contributed by atoms with Gasteiger partial charge in [0, 0.05) is 24.2 Å². The molecule has 0 unspecified atom stereocenters. The molecule has 3 rings (SSSR count). The SMILES string of the molecule is O=C(OC[C@@H]1[C@H](COC(=O)c2cccnc2Cl)C1(Cl)Cl)c1cccnc1Cl. The number of carbonyl (C=O) groups excluding carboxylic acids is 2. The number of aromatic nitrogens is 2. The minimum atomic E-state index is -1.17. The topological polar surface area (TPSA) is 78.4 Å². The second-order valence-corrected chi connectivity index (χ2v) is 7.93. The van der Waals surface area contributed by atoms with Gasteiger partial charge in [-0.3, -0.25) is 0 Å². The number of hydrogen-bond acceptors (Lipinski definition) is 6. The lowest BCUT2D eigenvalue weighted by Crippen LogP contribution is -2.12. The van der Waals surface area contributed by atoms with Crippen LogP contribution in [0.3, 0.4) is 0 Å². The predicted octanol–water partition coefficient (Wildman–Crippen LogP) is 4.22. The first kappa shape index (κ1) is 20.1. The summed E-state index contributed by atoms with van der Waals surface area (Å²) in [6, 6.07) is 6.13. The molecule has 0 N–H and O–H groups in total. The molecule has 0 saturated heterocycles. The molecule has 2 aromatic rings. The molecule has 1 aliphatic rings. The summed E-state index contributed by atoms with van der Waals surface area (Å²) >= 11 is 24.1. The van der Waals surface area contributed by atoms with E-state index >= 15 is 0 Å². The monoisotopic (exact) mass is 448 g/mol. The molecule has 2 atom stereocenters. The Morgan fingerprint density at radius 1 is 0.889 bits per heavy atom. The van der Waals surface area contributed by atoms with Crippen LogP contribution in [0, 0.1) is 11.8 Å². The Balaban J connectivity index is 1.53. The minimum absolute atomic E-state index is 0.0418.